The second kappa shape index (κ2) is 12.1. The van der Waals surface area contributed by atoms with Crippen LogP contribution in [0.2, 0.25) is 0 Å². The van der Waals surface area contributed by atoms with Crippen molar-refractivity contribution in [3.05, 3.63) is 100 Å². The Morgan fingerprint density at radius 2 is 1.97 bits per heavy atom. The van der Waals surface area contributed by atoms with E-state index in [4.69, 9.17) is 15.6 Å². The van der Waals surface area contributed by atoms with Gasteiger partial charge < -0.3 is 26.2 Å². The molecular formula is C27H31FN4O3. The fourth-order valence-electron chi connectivity index (χ4n) is 3.55. The number of aliphatic hydroxyl groups is 1. The van der Waals surface area contributed by atoms with Crippen LogP contribution >= 0.6 is 0 Å². The van der Waals surface area contributed by atoms with Gasteiger partial charge >= 0.3 is 0 Å². The molecule has 1 heterocycles. The third-order valence-electron chi connectivity index (χ3n) is 5.49. The predicted molar refractivity (Wildman–Crippen MR) is 135 cm³/mol. The van der Waals surface area contributed by atoms with E-state index in [2.05, 4.69) is 22.2 Å². The van der Waals surface area contributed by atoms with E-state index in [-0.39, 0.29) is 24.7 Å². The van der Waals surface area contributed by atoms with E-state index in [1.54, 1.807) is 31.3 Å². The number of nitrogens with one attached hydrogen (secondary N) is 2. The molecule has 184 valence electrons. The SMILES string of the molecule is C=C(Oc1ccc(CC(N)C(=O)NCc2ccc(CO)cc2)cc1F)C1=C(/N=C\C)NC=C(C)C1. The van der Waals surface area contributed by atoms with Crippen LogP contribution in [0.1, 0.15) is 37.0 Å². The molecule has 1 atom stereocenters. The van der Waals surface area contributed by atoms with Gasteiger partial charge in [-0.3, -0.25) is 4.79 Å². The smallest absolute Gasteiger partial charge is 0.237 e. The summed E-state index contributed by atoms with van der Waals surface area (Å²) in [4.78, 5) is 16.7. The van der Waals surface area contributed by atoms with Gasteiger partial charge in [0, 0.05) is 31.0 Å². The van der Waals surface area contributed by atoms with Crippen molar-refractivity contribution in [2.24, 2.45) is 10.7 Å². The number of aliphatic imine (C=N–C) groups is 1. The van der Waals surface area contributed by atoms with E-state index >= 15 is 0 Å². The minimum absolute atomic E-state index is 0.0302. The van der Waals surface area contributed by atoms with E-state index in [9.17, 15) is 9.18 Å². The number of hydrogen-bond acceptors (Lipinski definition) is 6. The summed E-state index contributed by atoms with van der Waals surface area (Å²) in [5.41, 5.74) is 10.1. The van der Waals surface area contributed by atoms with Gasteiger partial charge in [-0.25, -0.2) is 9.38 Å². The van der Waals surface area contributed by atoms with E-state index in [1.165, 1.54) is 12.1 Å². The van der Waals surface area contributed by atoms with Crippen molar-refractivity contribution >= 4 is 12.1 Å². The fourth-order valence-corrected chi connectivity index (χ4v) is 3.55. The number of benzene rings is 2. The van der Waals surface area contributed by atoms with Crippen molar-refractivity contribution in [3.63, 3.8) is 0 Å². The predicted octanol–water partition coefficient (Wildman–Crippen LogP) is 3.60. The second-order valence-corrected chi connectivity index (χ2v) is 8.32. The third-order valence-corrected chi connectivity index (χ3v) is 5.49. The molecule has 1 unspecified atom stereocenters. The molecule has 1 amide bonds. The van der Waals surface area contributed by atoms with Crippen molar-refractivity contribution in [3.8, 4) is 5.75 Å². The lowest BCUT2D eigenvalue weighted by molar-refractivity contribution is -0.122. The van der Waals surface area contributed by atoms with Crippen molar-refractivity contribution in [2.45, 2.75) is 45.9 Å². The molecule has 0 saturated carbocycles. The minimum Gasteiger partial charge on any atom is -0.454 e. The number of nitrogens with two attached hydrogens (primary N) is 1. The van der Waals surface area contributed by atoms with Crippen molar-refractivity contribution in [1.29, 1.82) is 0 Å². The minimum atomic E-state index is -0.837. The number of rotatable bonds is 10. The molecule has 35 heavy (non-hydrogen) atoms. The Bertz CT molecular complexity index is 1170. The Labute approximate surface area is 204 Å². The number of carbonyl (C=O) groups excluding carboxylic acids is 1. The zero-order chi connectivity index (χ0) is 25.4. The summed E-state index contributed by atoms with van der Waals surface area (Å²) in [6, 6.07) is 10.9. The van der Waals surface area contributed by atoms with Gasteiger partial charge in [0.1, 0.15) is 11.6 Å². The monoisotopic (exact) mass is 478 g/mol. The highest BCUT2D eigenvalue weighted by Gasteiger charge is 2.19. The molecule has 0 aromatic heterocycles. The number of ether oxygens (including phenoxy) is 1. The standard InChI is InChI=1S/C27H31FN4O3/c1-4-30-26-22(11-17(2)14-31-26)18(3)35-25-10-9-21(12-23(25)28)13-24(29)27(34)32-15-19-5-7-20(16-33)8-6-19/h4-10,12,14,24,31,33H,3,11,13,15-16,29H2,1-2H3,(H,32,34)/b30-4-. The van der Waals surface area contributed by atoms with E-state index < -0.39 is 11.9 Å². The van der Waals surface area contributed by atoms with Gasteiger partial charge in [-0.05, 0) is 49.1 Å². The molecule has 3 rings (SSSR count). The van der Waals surface area contributed by atoms with Crippen LogP contribution in [-0.4, -0.2) is 23.3 Å². The molecule has 1 aliphatic heterocycles. The largest absolute Gasteiger partial charge is 0.454 e. The van der Waals surface area contributed by atoms with Gasteiger partial charge in [0.05, 0.1) is 12.6 Å². The van der Waals surface area contributed by atoms with Crippen LogP contribution < -0.4 is 21.1 Å². The van der Waals surface area contributed by atoms with Crippen molar-refractivity contribution in [2.75, 3.05) is 0 Å². The highest BCUT2D eigenvalue weighted by molar-refractivity contribution is 5.81. The number of amides is 1. The van der Waals surface area contributed by atoms with Crippen LogP contribution in [0, 0.1) is 5.82 Å². The molecular weight excluding hydrogens is 447 g/mol. The molecule has 0 radical (unpaired) electrons. The summed E-state index contributed by atoms with van der Waals surface area (Å²) in [7, 11) is 0. The molecule has 8 heteroatoms. The maximum atomic E-state index is 14.8. The summed E-state index contributed by atoms with van der Waals surface area (Å²) in [6.07, 6.45) is 4.28. The number of allylic oxidation sites excluding steroid dienone is 2. The number of aliphatic hydroxyl groups excluding tert-OH is 1. The van der Waals surface area contributed by atoms with Gasteiger partial charge in [0.25, 0.3) is 0 Å². The van der Waals surface area contributed by atoms with Crippen LogP contribution in [0.4, 0.5) is 4.39 Å². The van der Waals surface area contributed by atoms with Crippen molar-refractivity contribution in [1.82, 2.24) is 10.6 Å². The molecule has 2 aromatic carbocycles. The molecule has 0 aliphatic carbocycles. The molecule has 7 nitrogen and oxygen atoms in total. The maximum Gasteiger partial charge on any atom is 0.237 e. The van der Waals surface area contributed by atoms with E-state index in [0.29, 0.717) is 30.1 Å². The van der Waals surface area contributed by atoms with Crippen LogP contribution in [-0.2, 0) is 24.4 Å². The number of nitrogens with zero attached hydrogens (tertiary/aromatic N) is 1. The first-order valence-corrected chi connectivity index (χ1v) is 11.3. The second-order valence-electron chi connectivity index (χ2n) is 8.32. The number of carbonyl (C=O) groups is 1. The Hall–Kier alpha value is -3.75. The maximum absolute atomic E-state index is 14.8. The van der Waals surface area contributed by atoms with E-state index in [0.717, 1.165) is 22.3 Å². The highest BCUT2D eigenvalue weighted by atomic mass is 19.1. The number of halogens is 1. The topological polar surface area (TPSA) is 109 Å². The summed E-state index contributed by atoms with van der Waals surface area (Å²) in [5, 5.41) is 15.0. The lowest BCUT2D eigenvalue weighted by Crippen LogP contribution is -2.41. The lowest BCUT2D eigenvalue weighted by Gasteiger charge is -2.20. The molecule has 0 saturated heterocycles. The first-order chi connectivity index (χ1) is 16.8. The fraction of sp³-hybridized carbons (Fsp3) is 0.259. The number of hydrogen-bond donors (Lipinski definition) is 4. The van der Waals surface area contributed by atoms with Gasteiger partial charge in [-0.15, -0.1) is 0 Å². The zero-order valence-corrected chi connectivity index (χ0v) is 20.0. The molecule has 0 spiro atoms. The molecule has 0 fully saturated rings. The quantitative estimate of drug-likeness (QED) is 0.308. The molecule has 2 aromatic rings. The van der Waals surface area contributed by atoms with Gasteiger partial charge in [0.15, 0.2) is 11.6 Å². The lowest BCUT2D eigenvalue weighted by atomic mass is 10.0. The first-order valence-electron chi connectivity index (χ1n) is 11.3. The summed E-state index contributed by atoms with van der Waals surface area (Å²) >= 11 is 0. The molecule has 1 aliphatic rings. The average Bonchev–Trinajstić information content (AvgIpc) is 2.85. The van der Waals surface area contributed by atoms with Crippen LogP contribution in [0.15, 0.2) is 83.0 Å². The van der Waals surface area contributed by atoms with Crippen LogP contribution in [0.5, 0.6) is 5.75 Å². The Morgan fingerprint density at radius 1 is 1.29 bits per heavy atom. The number of dihydropyridines is 1. The Kier molecular flexibility index (Phi) is 8.94. The summed E-state index contributed by atoms with van der Waals surface area (Å²) < 4.78 is 20.5. The Morgan fingerprint density at radius 3 is 2.63 bits per heavy atom. The zero-order valence-electron chi connectivity index (χ0n) is 20.0. The molecule has 0 bridgehead atoms. The average molecular weight is 479 g/mol. The van der Waals surface area contributed by atoms with Gasteiger partial charge in [-0.1, -0.05) is 42.5 Å². The van der Waals surface area contributed by atoms with Crippen molar-refractivity contribution < 1.29 is 19.0 Å². The normalized spacial score (nSPS) is 14.4. The highest BCUT2D eigenvalue weighted by Crippen LogP contribution is 2.29. The third kappa shape index (κ3) is 7.11. The van der Waals surface area contributed by atoms with Crippen LogP contribution in [0.3, 0.4) is 0 Å². The summed E-state index contributed by atoms with van der Waals surface area (Å²) in [5.74, 6) is 0.0383. The van der Waals surface area contributed by atoms with Gasteiger partial charge in [0.2, 0.25) is 5.91 Å². The van der Waals surface area contributed by atoms with Gasteiger partial charge in [-0.2, -0.15) is 0 Å². The molecule has 5 N–H and O–H groups in total. The van der Waals surface area contributed by atoms with Crippen LogP contribution in [0.25, 0.3) is 0 Å². The summed E-state index contributed by atoms with van der Waals surface area (Å²) in [6.45, 7) is 8.00. The first kappa shape index (κ1) is 25.9. The van der Waals surface area contributed by atoms with E-state index in [1.807, 2.05) is 25.3 Å². The Balaban J connectivity index is 1.58.